The third-order valence-electron chi connectivity index (χ3n) is 4.22. The first kappa shape index (κ1) is 16.2. The number of likely N-dealkylation sites (tertiary alicyclic amines) is 1. The zero-order valence-corrected chi connectivity index (χ0v) is 14.4. The molecule has 4 rings (SSSR count). The molecular weight excluding hydrogens is 342 g/mol. The summed E-state index contributed by atoms with van der Waals surface area (Å²) in [7, 11) is 0. The molecule has 3 aromatic rings. The summed E-state index contributed by atoms with van der Waals surface area (Å²) in [5.74, 6) is 0.340. The van der Waals surface area contributed by atoms with Crippen LogP contribution in [-0.2, 0) is 13.1 Å². The first-order valence-electron chi connectivity index (χ1n) is 8.22. The highest BCUT2D eigenvalue weighted by atomic mass is 32.1. The van der Waals surface area contributed by atoms with Crippen LogP contribution in [0.2, 0.25) is 0 Å². The van der Waals surface area contributed by atoms with Crippen molar-refractivity contribution in [1.82, 2.24) is 24.8 Å². The minimum atomic E-state index is -0.288. The fourth-order valence-corrected chi connectivity index (χ4v) is 3.73. The van der Waals surface area contributed by atoms with Crippen LogP contribution in [0.25, 0.3) is 4.96 Å². The lowest BCUT2D eigenvalue weighted by molar-refractivity contribution is 0.0622. The van der Waals surface area contributed by atoms with Crippen molar-refractivity contribution in [3.8, 4) is 0 Å². The van der Waals surface area contributed by atoms with Gasteiger partial charge < -0.3 is 14.9 Å². The highest BCUT2D eigenvalue weighted by molar-refractivity contribution is 7.15. The largest absolute Gasteiger partial charge is 0.392 e. The quantitative estimate of drug-likeness (QED) is 0.711. The van der Waals surface area contributed by atoms with Crippen LogP contribution in [0.4, 0.5) is 0 Å². The highest BCUT2D eigenvalue weighted by Crippen LogP contribution is 2.15. The number of rotatable bonds is 5. The molecule has 1 saturated heterocycles. The van der Waals surface area contributed by atoms with Crippen LogP contribution in [0, 0.1) is 0 Å². The average Bonchev–Trinajstić information content (AvgIpc) is 3.28. The number of nitrogens with one attached hydrogen (secondary N) is 1. The van der Waals surface area contributed by atoms with Crippen LogP contribution in [0.3, 0.4) is 0 Å². The van der Waals surface area contributed by atoms with Gasteiger partial charge in [0.05, 0.1) is 24.9 Å². The Labute approximate surface area is 148 Å². The van der Waals surface area contributed by atoms with Crippen molar-refractivity contribution < 1.29 is 14.4 Å². The van der Waals surface area contributed by atoms with Crippen molar-refractivity contribution >= 4 is 22.2 Å². The lowest BCUT2D eigenvalue weighted by atomic mass is 10.1. The molecule has 0 aromatic carbocycles. The number of aliphatic hydroxyl groups is 1. The number of aromatic nitrogens is 3. The molecule has 3 aromatic heterocycles. The summed E-state index contributed by atoms with van der Waals surface area (Å²) in [6.07, 6.45) is 5.34. The molecule has 8 nitrogen and oxygen atoms in total. The summed E-state index contributed by atoms with van der Waals surface area (Å²) < 4.78 is 7.18. The van der Waals surface area contributed by atoms with E-state index in [1.54, 1.807) is 17.4 Å². The number of thiazole rings is 1. The van der Waals surface area contributed by atoms with Gasteiger partial charge in [-0.2, -0.15) is 0 Å². The van der Waals surface area contributed by atoms with Crippen LogP contribution < -0.4 is 5.32 Å². The Morgan fingerprint density at radius 3 is 3.28 bits per heavy atom. The number of carbonyl (C=O) groups excluding carboxylic acids is 1. The first-order valence-corrected chi connectivity index (χ1v) is 9.10. The maximum absolute atomic E-state index is 12.2. The molecule has 1 aliphatic rings. The molecular formula is C16H19N5O3S. The molecule has 0 saturated carbocycles. The topological polar surface area (TPSA) is 95.9 Å². The predicted octanol–water partition coefficient (Wildman–Crippen LogP) is 1.27. The van der Waals surface area contributed by atoms with Crippen molar-refractivity contribution in [3.63, 3.8) is 0 Å². The Balaban J connectivity index is 1.33. The lowest BCUT2D eigenvalue weighted by Crippen LogP contribution is -2.37. The Bertz CT molecular complexity index is 842. The van der Waals surface area contributed by atoms with Crippen molar-refractivity contribution in [3.05, 3.63) is 41.0 Å². The Kier molecular flexibility index (Phi) is 4.51. The summed E-state index contributed by atoms with van der Waals surface area (Å²) in [6, 6.07) is 1.65. The van der Waals surface area contributed by atoms with E-state index in [9.17, 15) is 9.90 Å². The molecule has 1 unspecified atom stereocenters. The number of hydrogen-bond donors (Lipinski definition) is 2. The van der Waals surface area contributed by atoms with E-state index < -0.39 is 0 Å². The normalized spacial score (nSPS) is 18.7. The minimum absolute atomic E-state index is 0.258. The van der Waals surface area contributed by atoms with E-state index in [1.807, 2.05) is 22.2 Å². The van der Waals surface area contributed by atoms with E-state index in [2.05, 4.69) is 20.4 Å². The van der Waals surface area contributed by atoms with Gasteiger partial charge in [-0.25, -0.2) is 4.98 Å². The number of fused-ring (bicyclic) bond motifs is 1. The molecule has 1 atom stereocenters. The first-order chi connectivity index (χ1) is 12.2. The van der Waals surface area contributed by atoms with Gasteiger partial charge >= 0.3 is 0 Å². The van der Waals surface area contributed by atoms with E-state index in [1.165, 1.54) is 0 Å². The lowest BCUT2D eigenvalue weighted by Gasteiger charge is -2.28. The summed E-state index contributed by atoms with van der Waals surface area (Å²) in [5, 5.41) is 18.3. The minimum Gasteiger partial charge on any atom is -0.392 e. The van der Waals surface area contributed by atoms with E-state index in [-0.39, 0.29) is 17.7 Å². The number of nitrogens with zero attached hydrogens (tertiary/aromatic N) is 4. The van der Waals surface area contributed by atoms with Crippen LogP contribution in [-0.4, -0.2) is 49.6 Å². The van der Waals surface area contributed by atoms with Gasteiger partial charge in [0, 0.05) is 30.4 Å². The van der Waals surface area contributed by atoms with Gasteiger partial charge in [0.1, 0.15) is 0 Å². The summed E-state index contributed by atoms with van der Waals surface area (Å²) in [4.78, 5) is 19.6. The van der Waals surface area contributed by atoms with Crippen molar-refractivity contribution in [2.45, 2.75) is 32.0 Å². The molecule has 4 heterocycles. The number of hydrogen-bond acceptors (Lipinski definition) is 7. The maximum Gasteiger partial charge on any atom is 0.273 e. The molecule has 25 heavy (non-hydrogen) atoms. The monoisotopic (exact) mass is 361 g/mol. The summed E-state index contributed by atoms with van der Waals surface area (Å²) in [6.45, 7) is 2.43. The van der Waals surface area contributed by atoms with Crippen molar-refractivity contribution in [2.75, 3.05) is 13.1 Å². The third kappa shape index (κ3) is 3.73. The van der Waals surface area contributed by atoms with Gasteiger partial charge in [-0.15, -0.1) is 11.3 Å². The van der Waals surface area contributed by atoms with Gasteiger partial charge in [-0.1, -0.05) is 5.16 Å². The van der Waals surface area contributed by atoms with Gasteiger partial charge in [0.2, 0.25) is 0 Å². The second-order valence-corrected chi connectivity index (χ2v) is 7.09. The van der Waals surface area contributed by atoms with Crippen LogP contribution >= 0.6 is 11.3 Å². The number of piperidine rings is 1. The number of β-amino-alcohol motifs (C(OH)–C–C–N with tert-alkyl or cyclic N) is 1. The Hall–Kier alpha value is -2.23. The Morgan fingerprint density at radius 1 is 1.52 bits per heavy atom. The van der Waals surface area contributed by atoms with Crippen LogP contribution in [0.15, 0.2) is 28.4 Å². The van der Waals surface area contributed by atoms with Gasteiger partial charge in [-0.05, 0) is 19.4 Å². The zero-order chi connectivity index (χ0) is 17.2. The standard InChI is InChI=1S/C16H19N5O3S/c22-12-2-1-3-20(9-12)10-13-6-14(19-24-13)15(23)17-7-11-8-21-4-5-25-16(21)18-11/h4-6,8,12,22H,1-3,7,9-10H2,(H,17,23). The number of aliphatic hydroxyl groups excluding tert-OH is 1. The number of imidazole rings is 1. The van der Waals surface area contributed by atoms with Gasteiger partial charge in [-0.3, -0.25) is 14.1 Å². The Morgan fingerprint density at radius 2 is 2.44 bits per heavy atom. The molecule has 2 N–H and O–H groups in total. The molecule has 0 radical (unpaired) electrons. The predicted molar refractivity (Wildman–Crippen MR) is 91.3 cm³/mol. The third-order valence-corrected chi connectivity index (χ3v) is 5.00. The average molecular weight is 361 g/mol. The van der Waals surface area contributed by atoms with E-state index in [4.69, 9.17) is 4.52 Å². The molecule has 1 aliphatic heterocycles. The van der Waals surface area contributed by atoms with Crippen LogP contribution in [0.1, 0.15) is 34.8 Å². The zero-order valence-electron chi connectivity index (χ0n) is 13.6. The fourth-order valence-electron chi connectivity index (χ4n) is 3.01. The number of carbonyl (C=O) groups is 1. The molecule has 1 fully saturated rings. The molecule has 9 heteroatoms. The van der Waals surface area contributed by atoms with Crippen LogP contribution in [0.5, 0.6) is 0 Å². The fraction of sp³-hybridized carbons (Fsp3) is 0.438. The van der Waals surface area contributed by atoms with Crippen molar-refractivity contribution in [2.24, 2.45) is 0 Å². The number of amides is 1. The second kappa shape index (κ2) is 6.95. The van der Waals surface area contributed by atoms with E-state index in [0.717, 1.165) is 30.0 Å². The molecule has 0 bridgehead atoms. The SMILES string of the molecule is O=C(NCc1cn2ccsc2n1)c1cc(CN2CCCC(O)C2)on1. The summed E-state index contributed by atoms with van der Waals surface area (Å²) in [5.41, 5.74) is 1.06. The van der Waals surface area contributed by atoms with Gasteiger partial charge in [0.25, 0.3) is 5.91 Å². The second-order valence-electron chi connectivity index (χ2n) is 6.22. The smallest absolute Gasteiger partial charge is 0.273 e. The molecule has 1 amide bonds. The molecule has 0 spiro atoms. The molecule has 0 aliphatic carbocycles. The maximum atomic E-state index is 12.2. The van der Waals surface area contributed by atoms with E-state index >= 15 is 0 Å². The van der Waals surface area contributed by atoms with Gasteiger partial charge in [0.15, 0.2) is 16.4 Å². The summed E-state index contributed by atoms with van der Waals surface area (Å²) >= 11 is 1.55. The molecule has 132 valence electrons. The van der Waals surface area contributed by atoms with E-state index in [0.29, 0.717) is 25.4 Å². The highest BCUT2D eigenvalue weighted by Gasteiger charge is 2.20. The van der Waals surface area contributed by atoms with Crippen molar-refractivity contribution in [1.29, 1.82) is 0 Å².